The Morgan fingerprint density at radius 3 is 2.61 bits per heavy atom. The zero-order chi connectivity index (χ0) is 19.5. The molecule has 0 spiro atoms. The molecule has 0 atom stereocenters. The molecule has 2 N–H and O–H groups in total. The number of nitrogens with zero attached hydrogens (tertiary/aromatic N) is 1. The molecular formula is C22H15ClN2O3. The van der Waals surface area contributed by atoms with E-state index in [-0.39, 0.29) is 0 Å². The number of hydrogen-bond acceptors (Lipinski definition) is 4. The van der Waals surface area contributed by atoms with Gasteiger partial charge in [0.2, 0.25) is 0 Å². The Hall–Kier alpha value is -3.41. The number of halogens is 1. The van der Waals surface area contributed by atoms with E-state index in [1.807, 2.05) is 54.6 Å². The molecule has 0 bridgehead atoms. The van der Waals surface area contributed by atoms with E-state index in [1.54, 1.807) is 23.7 Å². The summed E-state index contributed by atoms with van der Waals surface area (Å²) < 4.78 is 5.55. The molecule has 3 aromatic carbocycles. The Balaban J connectivity index is 1.74. The summed E-state index contributed by atoms with van der Waals surface area (Å²) in [6, 6.07) is 21.1. The first kappa shape index (κ1) is 18.0. The normalized spacial score (nSPS) is 11.2. The van der Waals surface area contributed by atoms with Gasteiger partial charge in [-0.25, -0.2) is 5.48 Å². The van der Waals surface area contributed by atoms with E-state index in [2.05, 4.69) is 5.16 Å². The number of carbonyl (C=O) groups is 1. The highest BCUT2D eigenvalue weighted by atomic mass is 35.5. The van der Waals surface area contributed by atoms with Crippen molar-refractivity contribution in [2.24, 2.45) is 0 Å². The van der Waals surface area contributed by atoms with Crippen molar-refractivity contribution in [1.29, 1.82) is 0 Å². The van der Waals surface area contributed by atoms with E-state index in [9.17, 15) is 4.79 Å². The minimum Gasteiger partial charge on any atom is -0.355 e. The van der Waals surface area contributed by atoms with Gasteiger partial charge in [0.15, 0.2) is 5.76 Å². The van der Waals surface area contributed by atoms with Crippen molar-refractivity contribution >= 4 is 34.5 Å². The quantitative estimate of drug-likeness (QED) is 0.280. The van der Waals surface area contributed by atoms with E-state index in [0.29, 0.717) is 16.3 Å². The Morgan fingerprint density at radius 2 is 1.86 bits per heavy atom. The van der Waals surface area contributed by atoms with Gasteiger partial charge < -0.3 is 4.52 Å². The van der Waals surface area contributed by atoms with Gasteiger partial charge in [0.1, 0.15) is 5.52 Å². The van der Waals surface area contributed by atoms with Crippen molar-refractivity contribution in [3.8, 4) is 22.5 Å². The van der Waals surface area contributed by atoms with Crippen LogP contribution in [-0.2, 0) is 4.79 Å². The van der Waals surface area contributed by atoms with E-state index in [1.165, 1.54) is 6.08 Å². The van der Waals surface area contributed by atoms with Crippen molar-refractivity contribution < 1.29 is 14.5 Å². The lowest BCUT2D eigenvalue weighted by molar-refractivity contribution is -0.124. The molecule has 138 valence electrons. The summed E-state index contributed by atoms with van der Waals surface area (Å²) in [5, 5.41) is 14.1. The van der Waals surface area contributed by atoms with Gasteiger partial charge in [0, 0.05) is 22.2 Å². The van der Waals surface area contributed by atoms with E-state index < -0.39 is 5.91 Å². The maximum absolute atomic E-state index is 11.2. The average Bonchev–Trinajstić information content (AvgIpc) is 3.15. The first-order chi connectivity index (χ1) is 13.7. The van der Waals surface area contributed by atoms with Crippen LogP contribution in [-0.4, -0.2) is 16.3 Å². The molecular weight excluding hydrogens is 376 g/mol. The topological polar surface area (TPSA) is 75.4 Å². The Labute approximate surface area is 165 Å². The Bertz CT molecular complexity index is 1180. The third-order valence-corrected chi connectivity index (χ3v) is 4.67. The summed E-state index contributed by atoms with van der Waals surface area (Å²) in [6.45, 7) is 0. The molecule has 0 fully saturated rings. The van der Waals surface area contributed by atoms with Crippen molar-refractivity contribution in [3.63, 3.8) is 0 Å². The second kappa shape index (κ2) is 7.68. The van der Waals surface area contributed by atoms with Crippen LogP contribution < -0.4 is 5.48 Å². The molecule has 0 unspecified atom stereocenters. The number of fused-ring (bicyclic) bond motifs is 1. The Kier molecular flexibility index (Phi) is 4.93. The van der Waals surface area contributed by atoms with E-state index in [4.69, 9.17) is 21.3 Å². The standard InChI is InChI=1S/C22H15ClN2O3/c23-19-13-16(8-9-17(19)15-4-2-1-3-5-15)22-18-12-14(7-11-21(26)24-27)6-10-20(18)25-28-22/h1-13,27H,(H,24,26)/b11-7+. The molecule has 0 aliphatic carbocycles. The summed E-state index contributed by atoms with van der Waals surface area (Å²) in [4.78, 5) is 11.2. The van der Waals surface area contributed by atoms with Gasteiger partial charge in [-0.3, -0.25) is 10.0 Å². The first-order valence-corrected chi connectivity index (χ1v) is 8.90. The van der Waals surface area contributed by atoms with Gasteiger partial charge in [0.05, 0.1) is 5.39 Å². The molecule has 1 heterocycles. The smallest absolute Gasteiger partial charge is 0.267 e. The highest BCUT2D eigenvalue weighted by molar-refractivity contribution is 6.33. The van der Waals surface area contributed by atoms with Crippen LogP contribution in [0.15, 0.2) is 77.3 Å². The lowest BCUT2D eigenvalue weighted by Gasteiger charge is -2.06. The highest BCUT2D eigenvalue weighted by Crippen LogP contribution is 2.35. The number of hydroxylamine groups is 1. The number of benzene rings is 3. The van der Waals surface area contributed by atoms with Crippen LogP contribution in [0.2, 0.25) is 5.02 Å². The zero-order valence-corrected chi connectivity index (χ0v) is 15.4. The van der Waals surface area contributed by atoms with Crippen molar-refractivity contribution in [2.75, 3.05) is 0 Å². The van der Waals surface area contributed by atoms with Crippen LogP contribution in [0.1, 0.15) is 5.56 Å². The maximum Gasteiger partial charge on any atom is 0.267 e. The van der Waals surface area contributed by atoms with Crippen LogP contribution >= 0.6 is 11.6 Å². The van der Waals surface area contributed by atoms with Crippen LogP contribution in [0.4, 0.5) is 0 Å². The summed E-state index contributed by atoms with van der Waals surface area (Å²) in [5.41, 5.74) is 5.81. The molecule has 5 nitrogen and oxygen atoms in total. The number of nitrogens with one attached hydrogen (secondary N) is 1. The monoisotopic (exact) mass is 390 g/mol. The number of hydrogen-bond donors (Lipinski definition) is 2. The predicted octanol–water partition coefficient (Wildman–Crippen LogP) is 5.33. The van der Waals surface area contributed by atoms with Crippen LogP contribution in [0.3, 0.4) is 0 Å². The predicted molar refractivity (Wildman–Crippen MR) is 109 cm³/mol. The van der Waals surface area contributed by atoms with Crippen molar-refractivity contribution in [2.45, 2.75) is 0 Å². The van der Waals surface area contributed by atoms with Crippen LogP contribution in [0.25, 0.3) is 39.4 Å². The second-order valence-corrected chi connectivity index (χ2v) is 6.57. The van der Waals surface area contributed by atoms with Crippen LogP contribution in [0, 0.1) is 0 Å². The zero-order valence-electron chi connectivity index (χ0n) is 14.6. The van der Waals surface area contributed by atoms with Crippen LogP contribution in [0.5, 0.6) is 0 Å². The Morgan fingerprint density at radius 1 is 1.04 bits per heavy atom. The molecule has 0 saturated carbocycles. The summed E-state index contributed by atoms with van der Waals surface area (Å²) in [5.74, 6) is -0.00714. The largest absolute Gasteiger partial charge is 0.355 e. The maximum atomic E-state index is 11.2. The van der Waals surface area contributed by atoms with E-state index >= 15 is 0 Å². The van der Waals surface area contributed by atoms with Crippen molar-refractivity contribution in [3.05, 3.63) is 83.4 Å². The number of carbonyl (C=O) groups excluding carboxylic acids is 1. The van der Waals surface area contributed by atoms with Gasteiger partial charge in [0.25, 0.3) is 5.91 Å². The number of amides is 1. The molecule has 1 aromatic heterocycles. The summed E-state index contributed by atoms with van der Waals surface area (Å²) >= 11 is 6.52. The minimum absolute atomic E-state index is 0.596. The van der Waals surface area contributed by atoms with Gasteiger partial charge in [-0.15, -0.1) is 0 Å². The summed E-state index contributed by atoms with van der Waals surface area (Å²) in [6.07, 6.45) is 2.83. The van der Waals surface area contributed by atoms with Gasteiger partial charge >= 0.3 is 0 Å². The highest BCUT2D eigenvalue weighted by Gasteiger charge is 2.13. The molecule has 0 aliphatic rings. The average molecular weight is 391 g/mol. The molecule has 1 amide bonds. The molecule has 0 radical (unpaired) electrons. The van der Waals surface area contributed by atoms with Crippen molar-refractivity contribution in [1.82, 2.24) is 10.6 Å². The second-order valence-electron chi connectivity index (χ2n) is 6.16. The fraction of sp³-hybridized carbons (Fsp3) is 0. The van der Waals surface area contributed by atoms with Gasteiger partial charge in [-0.2, -0.15) is 0 Å². The molecule has 4 aromatic rings. The molecule has 28 heavy (non-hydrogen) atoms. The minimum atomic E-state index is -0.603. The van der Waals surface area contributed by atoms with Gasteiger partial charge in [-0.05, 0) is 35.4 Å². The molecule has 4 rings (SSSR count). The number of rotatable bonds is 4. The number of aromatic nitrogens is 1. The summed E-state index contributed by atoms with van der Waals surface area (Å²) in [7, 11) is 0. The first-order valence-electron chi connectivity index (χ1n) is 8.52. The fourth-order valence-electron chi connectivity index (χ4n) is 2.99. The lowest BCUT2D eigenvalue weighted by Crippen LogP contribution is -2.14. The van der Waals surface area contributed by atoms with Gasteiger partial charge in [-0.1, -0.05) is 65.3 Å². The molecule has 0 aliphatic heterocycles. The third-order valence-electron chi connectivity index (χ3n) is 4.35. The SMILES string of the molecule is O=C(/C=C/c1ccc2noc(-c3ccc(-c4ccccc4)c(Cl)c3)c2c1)NO. The van der Waals surface area contributed by atoms with E-state index in [0.717, 1.165) is 27.6 Å². The lowest BCUT2D eigenvalue weighted by atomic mass is 10.0. The molecule has 6 heteroatoms. The third kappa shape index (κ3) is 3.53. The fourth-order valence-corrected chi connectivity index (χ4v) is 3.28. The molecule has 0 saturated heterocycles.